The summed E-state index contributed by atoms with van der Waals surface area (Å²) < 4.78 is 0. The Morgan fingerprint density at radius 3 is 2.71 bits per heavy atom. The third kappa shape index (κ3) is 3.59. The van der Waals surface area contributed by atoms with Crippen LogP contribution in [0, 0.1) is 0 Å². The number of rotatable bonds is 4. The number of nitrogens with one attached hydrogen (secondary N) is 1. The summed E-state index contributed by atoms with van der Waals surface area (Å²) in [4.78, 5) is 9.52. The third-order valence-corrected chi connectivity index (χ3v) is 3.29. The van der Waals surface area contributed by atoms with Gasteiger partial charge in [0.2, 0.25) is 0 Å². The minimum Gasteiger partial charge on any atom is -0.308 e. The summed E-state index contributed by atoms with van der Waals surface area (Å²) in [5.74, 6) is 7.33. The number of anilines is 1. The second kappa shape index (κ2) is 5.86. The summed E-state index contributed by atoms with van der Waals surface area (Å²) in [6.07, 6.45) is 1.68. The third-order valence-electron chi connectivity index (χ3n) is 2.03. The lowest BCUT2D eigenvalue weighted by Crippen LogP contribution is -2.09. The average molecular weight is 267 g/mol. The molecule has 3 N–H and O–H groups in total. The van der Waals surface area contributed by atoms with E-state index in [4.69, 9.17) is 17.4 Å². The van der Waals surface area contributed by atoms with Crippen LogP contribution in [0.2, 0.25) is 5.02 Å². The van der Waals surface area contributed by atoms with Crippen molar-refractivity contribution in [3.8, 4) is 0 Å². The average Bonchev–Trinajstić information content (AvgIpc) is 2.38. The molecule has 4 nitrogen and oxygen atoms in total. The zero-order valence-electron chi connectivity index (χ0n) is 8.93. The van der Waals surface area contributed by atoms with Crippen molar-refractivity contribution in [3.63, 3.8) is 0 Å². The van der Waals surface area contributed by atoms with Crippen LogP contribution in [0.25, 0.3) is 0 Å². The Morgan fingerprint density at radius 1 is 1.24 bits per heavy atom. The van der Waals surface area contributed by atoms with Crippen LogP contribution in [0.5, 0.6) is 0 Å². The van der Waals surface area contributed by atoms with Gasteiger partial charge in [-0.25, -0.2) is 15.8 Å². The van der Waals surface area contributed by atoms with Gasteiger partial charge in [0.25, 0.3) is 0 Å². The lowest BCUT2D eigenvalue weighted by molar-refractivity contribution is 1.03. The van der Waals surface area contributed by atoms with Gasteiger partial charge in [-0.2, -0.15) is 0 Å². The van der Waals surface area contributed by atoms with Gasteiger partial charge in [-0.15, -0.1) is 11.8 Å². The topological polar surface area (TPSA) is 63.8 Å². The van der Waals surface area contributed by atoms with E-state index >= 15 is 0 Å². The molecule has 6 heteroatoms. The first-order valence-electron chi connectivity index (χ1n) is 4.95. The van der Waals surface area contributed by atoms with E-state index in [9.17, 15) is 0 Å². The van der Waals surface area contributed by atoms with Crippen molar-refractivity contribution < 1.29 is 0 Å². The standard InChI is InChI=1S/C11H11ClN4S/c12-8-1-3-9(4-2-8)17-7-11-14-6-5-10(15-11)16-13/h1-6H,7,13H2,(H,14,15,16). The summed E-state index contributed by atoms with van der Waals surface area (Å²) in [6.45, 7) is 0. The summed E-state index contributed by atoms with van der Waals surface area (Å²) in [5.41, 5.74) is 2.50. The molecule has 0 radical (unpaired) electrons. The van der Waals surface area contributed by atoms with Crippen LogP contribution >= 0.6 is 23.4 Å². The number of nitrogen functional groups attached to an aromatic ring is 1. The fourth-order valence-electron chi connectivity index (χ4n) is 1.23. The van der Waals surface area contributed by atoms with Crippen LogP contribution < -0.4 is 11.3 Å². The van der Waals surface area contributed by atoms with E-state index in [0.29, 0.717) is 11.6 Å². The number of benzene rings is 1. The van der Waals surface area contributed by atoms with Crippen molar-refractivity contribution in [1.29, 1.82) is 0 Å². The molecule has 0 atom stereocenters. The van der Waals surface area contributed by atoms with Crippen LogP contribution in [0.1, 0.15) is 5.82 Å². The minimum absolute atomic E-state index is 0.617. The van der Waals surface area contributed by atoms with Gasteiger partial charge in [-0.3, -0.25) is 0 Å². The van der Waals surface area contributed by atoms with Gasteiger partial charge in [-0.1, -0.05) is 11.6 Å². The van der Waals surface area contributed by atoms with Crippen LogP contribution in [0.4, 0.5) is 5.82 Å². The lowest BCUT2D eigenvalue weighted by Gasteiger charge is -2.03. The van der Waals surface area contributed by atoms with Crippen LogP contribution in [-0.4, -0.2) is 9.97 Å². The van der Waals surface area contributed by atoms with Crippen molar-refractivity contribution >= 4 is 29.2 Å². The zero-order chi connectivity index (χ0) is 12.1. The summed E-state index contributed by atoms with van der Waals surface area (Å²) in [6, 6.07) is 9.39. The van der Waals surface area contributed by atoms with E-state index in [1.54, 1.807) is 24.0 Å². The highest BCUT2D eigenvalue weighted by Crippen LogP contribution is 2.23. The molecule has 1 aromatic carbocycles. The predicted molar refractivity (Wildman–Crippen MR) is 70.9 cm³/mol. The maximum Gasteiger partial charge on any atom is 0.143 e. The van der Waals surface area contributed by atoms with Crippen molar-refractivity contribution in [3.05, 3.63) is 47.4 Å². The molecule has 0 aliphatic heterocycles. The van der Waals surface area contributed by atoms with E-state index in [-0.39, 0.29) is 0 Å². The second-order valence-electron chi connectivity index (χ2n) is 3.25. The smallest absolute Gasteiger partial charge is 0.143 e. The molecule has 0 saturated carbocycles. The molecule has 0 aliphatic rings. The van der Waals surface area contributed by atoms with Gasteiger partial charge >= 0.3 is 0 Å². The Balaban J connectivity index is 1.99. The number of halogens is 1. The fourth-order valence-corrected chi connectivity index (χ4v) is 2.12. The summed E-state index contributed by atoms with van der Waals surface area (Å²) in [7, 11) is 0. The first kappa shape index (κ1) is 12.2. The number of thioether (sulfide) groups is 1. The Morgan fingerprint density at radius 2 is 2.00 bits per heavy atom. The molecule has 88 valence electrons. The number of hydrogen-bond donors (Lipinski definition) is 2. The van der Waals surface area contributed by atoms with Crippen molar-refractivity contribution in [2.45, 2.75) is 10.6 Å². The maximum absolute atomic E-state index is 5.81. The minimum atomic E-state index is 0.617. The SMILES string of the molecule is NNc1ccnc(CSc2ccc(Cl)cc2)n1. The fraction of sp³-hybridized carbons (Fsp3) is 0.0909. The summed E-state index contributed by atoms with van der Waals surface area (Å²) >= 11 is 7.46. The van der Waals surface area contributed by atoms with Gasteiger partial charge in [0.15, 0.2) is 0 Å². The molecule has 0 saturated heterocycles. The molecular formula is C11H11ClN4S. The first-order chi connectivity index (χ1) is 8.28. The van der Waals surface area contributed by atoms with Crippen LogP contribution in [-0.2, 0) is 5.75 Å². The second-order valence-corrected chi connectivity index (χ2v) is 4.73. The lowest BCUT2D eigenvalue weighted by atomic mass is 10.4. The molecule has 0 fully saturated rings. The molecular weight excluding hydrogens is 256 g/mol. The molecule has 1 heterocycles. The Hall–Kier alpha value is -1.30. The van der Waals surface area contributed by atoms with E-state index in [1.165, 1.54) is 0 Å². The molecule has 0 aliphatic carbocycles. The Labute approximate surface area is 109 Å². The molecule has 0 spiro atoms. The number of hydrazine groups is 1. The van der Waals surface area contributed by atoms with Gasteiger partial charge in [0.1, 0.15) is 11.6 Å². The molecule has 0 unspecified atom stereocenters. The zero-order valence-corrected chi connectivity index (χ0v) is 10.5. The van der Waals surface area contributed by atoms with Crippen LogP contribution in [0.15, 0.2) is 41.4 Å². The van der Waals surface area contributed by atoms with E-state index in [1.807, 2.05) is 24.3 Å². The largest absolute Gasteiger partial charge is 0.308 e. The van der Waals surface area contributed by atoms with Gasteiger partial charge in [0, 0.05) is 22.2 Å². The van der Waals surface area contributed by atoms with Gasteiger partial charge < -0.3 is 5.43 Å². The summed E-state index contributed by atoms with van der Waals surface area (Å²) in [5, 5.41) is 0.736. The number of aromatic nitrogens is 2. The van der Waals surface area contributed by atoms with Gasteiger partial charge in [-0.05, 0) is 24.3 Å². The molecule has 2 aromatic rings. The quantitative estimate of drug-likeness (QED) is 0.506. The maximum atomic E-state index is 5.81. The first-order valence-corrected chi connectivity index (χ1v) is 6.31. The highest BCUT2D eigenvalue weighted by atomic mass is 35.5. The molecule has 0 bridgehead atoms. The Bertz CT molecular complexity index is 489. The van der Waals surface area contributed by atoms with Crippen molar-refractivity contribution in [2.24, 2.45) is 5.84 Å². The Kier molecular flexibility index (Phi) is 4.19. The van der Waals surface area contributed by atoms with Crippen molar-refractivity contribution in [1.82, 2.24) is 9.97 Å². The molecule has 17 heavy (non-hydrogen) atoms. The van der Waals surface area contributed by atoms with Crippen LogP contribution in [0.3, 0.4) is 0 Å². The normalized spacial score (nSPS) is 10.2. The van der Waals surface area contributed by atoms with E-state index < -0.39 is 0 Å². The van der Waals surface area contributed by atoms with E-state index in [2.05, 4.69) is 15.4 Å². The monoisotopic (exact) mass is 266 g/mol. The number of nitrogens with two attached hydrogens (primary N) is 1. The van der Waals surface area contributed by atoms with Gasteiger partial charge in [0.05, 0.1) is 5.75 Å². The highest BCUT2D eigenvalue weighted by Gasteiger charge is 2.00. The number of hydrogen-bond acceptors (Lipinski definition) is 5. The molecule has 1 aromatic heterocycles. The predicted octanol–water partition coefficient (Wildman–Crippen LogP) is 2.71. The molecule has 2 rings (SSSR count). The molecule has 0 amide bonds. The highest BCUT2D eigenvalue weighted by molar-refractivity contribution is 7.98. The van der Waals surface area contributed by atoms with Crippen molar-refractivity contribution in [2.75, 3.05) is 5.43 Å². The van der Waals surface area contributed by atoms with E-state index in [0.717, 1.165) is 15.7 Å². The number of nitrogens with zero attached hydrogens (tertiary/aromatic N) is 2.